The Morgan fingerprint density at radius 1 is 0.949 bits per heavy atom. The highest BCUT2D eigenvalue weighted by atomic mass is 16.5. The van der Waals surface area contributed by atoms with Gasteiger partial charge in [-0.15, -0.1) is 0 Å². The maximum atomic E-state index is 13.4. The molecule has 0 radical (unpaired) electrons. The maximum absolute atomic E-state index is 13.4. The number of hydrogen-bond donors (Lipinski definition) is 2. The molecule has 2 N–H and O–H groups in total. The summed E-state index contributed by atoms with van der Waals surface area (Å²) in [5, 5.41) is 3.60. The number of aromatic amines is 1. The van der Waals surface area contributed by atoms with Gasteiger partial charge in [0.05, 0.1) is 36.5 Å². The van der Waals surface area contributed by atoms with Gasteiger partial charge in [-0.05, 0) is 35.7 Å². The average molecular weight is 523 g/mol. The molecule has 1 atom stereocenters. The highest BCUT2D eigenvalue weighted by Gasteiger charge is 2.39. The summed E-state index contributed by atoms with van der Waals surface area (Å²) >= 11 is 0. The molecular formula is C30H26N4O5. The SMILES string of the molecule is COC(=O)c1[nH]c2ccccc2c1NC(=O)CN1CCc2ccccc2C1CN1C(=O)c2ccccc2C1=O. The zero-order chi connectivity index (χ0) is 27.1. The Labute approximate surface area is 224 Å². The minimum atomic E-state index is -0.586. The zero-order valence-corrected chi connectivity index (χ0v) is 21.3. The zero-order valence-electron chi connectivity index (χ0n) is 21.3. The quantitative estimate of drug-likeness (QED) is 0.294. The number of carbonyl (C=O) groups excluding carboxylic acids is 4. The smallest absolute Gasteiger partial charge is 0.356 e. The number of para-hydroxylation sites is 1. The molecule has 196 valence electrons. The van der Waals surface area contributed by atoms with E-state index in [1.165, 1.54) is 12.0 Å². The normalized spacial score (nSPS) is 16.7. The molecule has 0 aliphatic carbocycles. The van der Waals surface area contributed by atoms with E-state index in [1.54, 1.807) is 24.3 Å². The molecule has 3 aromatic carbocycles. The molecule has 0 saturated carbocycles. The number of carbonyl (C=O) groups is 4. The van der Waals surface area contributed by atoms with Crippen molar-refractivity contribution in [3.8, 4) is 0 Å². The van der Waals surface area contributed by atoms with Crippen LogP contribution in [0, 0.1) is 0 Å². The first-order chi connectivity index (χ1) is 19.0. The summed E-state index contributed by atoms with van der Waals surface area (Å²) in [5.41, 5.74) is 4.12. The minimum absolute atomic E-state index is 0.00227. The summed E-state index contributed by atoms with van der Waals surface area (Å²) in [5.74, 6) is -1.57. The molecule has 0 saturated heterocycles. The molecular weight excluding hydrogens is 496 g/mol. The third-order valence-corrected chi connectivity index (χ3v) is 7.46. The molecule has 3 heterocycles. The van der Waals surface area contributed by atoms with Crippen LogP contribution in [-0.2, 0) is 16.0 Å². The van der Waals surface area contributed by atoms with Gasteiger partial charge in [-0.1, -0.05) is 54.6 Å². The lowest BCUT2D eigenvalue weighted by atomic mass is 9.92. The number of fused-ring (bicyclic) bond motifs is 3. The predicted molar refractivity (Wildman–Crippen MR) is 145 cm³/mol. The third kappa shape index (κ3) is 4.26. The number of imide groups is 1. The molecule has 1 unspecified atom stereocenters. The van der Waals surface area contributed by atoms with Crippen molar-refractivity contribution in [1.29, 1.82) is 0 Å². The number of methoxy groups -OCH3 is 1. The molecule has 2 aliphatic heterocycles. The number of esters is 1. The first kappa shape index (κ1) is 24.6. The molecule has 0 bridgehead atoms. The van der Waals surface area contributed by atoms with Crippen molar-refractivity contribution in [2.45, 2.75) is 12.5 Å². The monoisotopic (exact) mass is 522 g/mol. The van der Waals surface area contributed by atoms with Gasteiger partial charge in [0, 0.05) is 24.0 Å². The number of ether oxygens (including phenoxy) is 1. The lowest BCUT2D eigenvalue weighted by Crippen LogP contribution is -2.46. The molecule has 0 spiro atoms. The lowest BCUT2D eigenvalue weighted by molar-refractivity contribution is -0.118. The highest BCUT2D eigenvalue weighted by Crippen LogP contribution is 2.34. The standard InChI is InChI=1S/C30H26N4O5/c1-39-30(38)27-26(22-12-6-7-13-23(22)31-27)32-25(35)17-33-15-14-18-8-2-3-9-19(18)24(33)16-34-28(36)20-10-4-5-11-21(20)29(34)37/h2-13,24,31H,14-17H2,1H3,(H,32,35). The number of amides is 3. The van der Waals surface area contributed by atoms with Crippen molar-refractivity contribution >= 4 is 40.3 Å². The van der Waals surface area contributed by atoms with E-state index < -0.39 is 5.97 Å². The van der Waals surface area contributed by atoms with Crippen molar-refractivity contribution in [2.24, 2.45) is 0 Å². The van der Waals surface area contributed by atoms with E-state index in [0.717, 1.165) is 17.5 Å². The summed E-state index contributed by atoms with van der Waals surface area (Å²) in [4.78, 5) is 58.4. The Kier molecular flexibility index (Phi) is 6.20. The van der Waals surface area contributed by atoms with E-state index in [2.05, 4.69) is 10.3 Å². The molecule has 3 amide bonds. The molecule has 39 heavy (non-hydrogen) atoms. The molecule has 6 rings (SSSR count). The fourth-order valence-electron chi connectivity index (χ4n) is 5.57. The predicted octanol–water partition coefficient (Wildman–Crippen LogP) is 3.79. The van der Waals surface area contributed by atoms with Crippen LogP contribution in [0.3, 0.4) is 0 Å². The molecule has 1 aromatic heterocycles. The van der Waals surface area contributed by atoms with Crippen LogP contribution < -0.4 is 5.32 Å². The average Bonchev–Trinajstić information content (AvgIpc) is 3.44. The summed E-state index contributed by atoms with van der Waals surface area (Å²) < 4.78 is 4.91. The van der Waals surface area contributed by atoms with E-state index in [4.69, 9.17) is 4.74 Å². The van der Waals surface area contributed by atoms with Crippen molar-refractivity contribution < 1.29 is 23.9 Å². The van der Waals surface area contributed by atoms with Crippen LogP contribution in [0.1, 0.15) is 48.4 Å². The van der Waals surface area contributed by atoms with Crippen molar-refractivity contribution in [1.82, 2.24) is 14.8 Å². The van der Waals surface area contributed by atoms with Crippen LogP contribution >= 0.6 is 0 Å². The highest BCUT2D eigenvalue weighted by molar-refractivity contribution is 6.21. The second-order valence-electron chi connectivity index (χ2n) is 9.66. The summed E-state index contributed by atoms with van der Waals surface area (Å²) in [6, 6.07) is 21.6. The molecule has 4 aromatic rings. The summed E-state index contributed by atoms with van der Waals surface area (Å²) in [7, 11) is 1.29. The van der Waals surface area contributed by atoms with Crippen molar-refractivity contribution in [3.05, 3.63) is 101 Å². The number of benzene rings is 3. The van der Waals surface area contributed by atoms with Crippen LogP contribution in [0.5, 0.6) is 0 Å². The largest absolute Gasteiger partial charge is 0.464 e. The Bertz CT molecular complexity index is 1610. The van der Waals surface area contributed by atoms with Gasteiger partial charge in [-0.3, -0.25) is 24.2 Å². The molecule has 2 aliphatic rings. The first-order valence-corrected chi connectivity index (χ1v) is 12.7. The van der Waals surface area contributed by atoms with Crippen LogP contribution in [0.4, 0.5) is 5.69 Å². The van der Waals surface area contributed by atoms with Gasteiger partial charge in [0.25, 0.3) is 11.8 Å². The van der Waals surface area contributed by atoms with E-state index in [0.29, 0.717) is 34.3 Å². The number of aromatic nitrogens is 1. The number of H-pyrrole nitrogens is 1. The van der Waals surface area contributed by atoms with Crippen molar-refractivity contribution in [3.63, 3.8) is 0 Å². The third-order valence-electron chi connectivity index (χ3n) is 7.46. The second-order valence-corrected chi connectivity index (χ2v) is 9.66. The van der Waals surface area contributed by atoms with Gasteiger partial charge in [-0.2, -0.15) is 0 Å². The topological polar surface area (TPSA) is 112 Å². The number of hydrogen-bond acceptors (Lipinski definition) is 6. The Hall–Kier alpha value is -4.76. The lowest BCUT2D eigenvalue weighted by Gasteiger charge is -2.38. The fraction of sp³-hybridized carbons (Fsp3) is 0.200. The Balaban J connectivity index is 1.28. The summed E-state index contributed by atoms with van der Waals surface area (Å²) in [6.07, 6.45) is 0.725. The minimum Gasteiger partial charge on any atom is -0.464 e. The Morgan fingerprint density at radius 2 is 1.62 bits per heavy atom. The number of anilines is 1. The van der Waals surface area contributed by atoms with Gasteiger partial charge in [0.15, 0.2) is 0 Å². The molecule has 0 fully saturated rings. The number of rotatable bonds is 6. The van der Waals surface area contributed by atoms with Crippen LogP contribution in [0.2, 0.25) is 0 Å². The molecule has 9 nitrogen and oxygen atoms in total. The van der Waals surface area contributed by atoms with Crippen LogP contribution in [-0.4, -0.2) is 65.2 Å². The van der Waals surface area contributed by atoms with Crippen LogP contribution in [0.25, 0.3) is 10.9 Å². The number of nitrogens with zero attached hydrogens (tertiary/aromatic N) is 2. The first-order valence-electron chi connectivity index (χ1n) is 12.7. The Morgan fingerprint density at radius 3 is 2.36 bits per heavy atom. The van der Waals surface area contributed by atoms with Gasteiger partial charge < -0.3 is 15.0 Å². The van der Waals surface area contributed by atoms with Gasteiger partial charge in [0.2, 0.25) is 5.91 Å². The molecule has 9 heteroatoms. The number of nitrogens with one attached hydrogen (secondary N) is 2. The van der Waals surface area contributed by atoms with E-state index in [1.807, 2.05) is 53.4 Å². The van der Waals surface area contributed by atoms with Crippen molar-refractivity contribution in [2.75, 3.05) is 32.1 Å². The maximum Gasteiger partial charge on any atom is 0.356 e. The van der Waals surface area contributed by atoms with E-state index >= 15 is 0 Å². The fourth-order valence-corrected chi connectivity index (χ4v) is 5.57. The second kappa shape index (κ2) is 9.85. The van der Waals surface area contributed by atoms with E-state index in [9.17, 15) is 19.2 Å². The van der Waals surface area contributed by atoms with Gasteiger partial charge in [-0.25, -0.2) is 4.79 Å². The van der Waals surface area contributed by atoms with Gasteiger partial charge in [0.1, 0.15) is 5.69 Å². The summed E-state index contributed by atoms with van der Waals surface area (Å²) in [6.45, 7) is 0.690. The van der Waals surface area contributed by atoms with E-state index in [-0.39, 0.29) is 42.5 Å². The van der Waals surface area contributed by atoms with Crippen LogP contribution in [0.15, 0.2) is 72.8 Å². The van der Waals surface area contributed by atoms with Gasteiger partial charge >= 0.3 is 5.97 Å².